The van der Waals surface area contributed by atoms with Gasteiger partial charge < -0.3 is 20.7 Å². The van der Waals surface area contributed by atoms with Gasteiger partial charge in [0.15, 0.2) is 10.8 Å². The van der Waals surface area contributed by atoms with Crippen molar-refractivity contribution in [3.63, 3.8) is 0 Å². The molecule has 6 heteroatoms. The minimum atomic E-state index is -0.903. The van der Waals surface area contributed by atoms with E-state index in [0.29, 0.717) is 5.11 Å². The Kier molecular flexibility index (Phi) is 3.42. The van der Waals surface area contributed by atoms with Crippen molar-refractivity contribution in [3.05, 3.63) is 60.2 Å². The minimum absolute atomic E-state index is 0.120. The van der Waals surface area contributed by atoms with Gasteiger partial charge >= 0.3 is 0 Å². The van der Waals surface area contributed by atoms with E-state index in [1.165, 1.54) is 0 Å². The van der Waals surface area contributed by atoms with E-state index >= 15 is 0 Å². The largest absolute Gasteiger partial charge is 0.467 e. The lowest BCUT2D eigenvalue weighted by Crippen LogP contribution is -2.70. The Morgan fingerprint density at radius 1 is 1.17 bits per heavy atom. The minimum Gasteiger partial charge on any atom is -0.467 e. The van der Waals surface area contributed by atoms with Crippen molar-refractivity contribution in [3.8, 4) is 5.75 Å². The third-order valence-electron chi connectivity index (χ3n) is 4.47. The average Bonchev–Trinajstić information content (AvgIpc) is 2.54. The zero-order chi connectivity index (χ0) is 16.7. The van der Waals surface area contributed by atoms with Gasteiger partial charge in [-0.25, -0.2) is 0 Å². The highest BCUT2D eigenvalue weighted by atomic mass is 32.1. The quantitative estimate of drug-likeness (QED) is 0.734. The zero-order valence-corrected chi connectivity index (χ0v) is 13.9. The normalized spacial score (nSPS) is 27.1. The van der Waals surface area contributed by atoms with Gasteiger partial charge in [0.1, 0.15) is 11.7 Å². The molecular weight excluding hydrogens is 322 g/mol. The van der Waals surface area contributed by atoms with Crippen LogP contribution in [-0.2, 0) is 4.79 Å². The molecule has 2 aliphatic rings. The molecule has 3 N–H and O–H groups in total. The highest BCUT2D eigenvalue weighted by Crippen LogP contribution is 2.44. The molecule has 0 spiro atoms. The van der Waals surface area contributed by atoms with Crippen molar-refractivity contribution < 1.29 is 9.53 Å². The lowest BCUT2D eigenvalue weighted by atomic mass is 9.80. The summed E-state index contributed by atoms with van der Waals surface area (Å²) in [4.78, 5) is 13.0. The van der Waals surface area contributed by atoms with Gasteiger partial charge in [-0.2, -0.15) is 0 Å². The van der Waals surface area contributed by atoms with Crippen molar-refractivity contribution in [2.75, 3.05) is 5.32 Å². The molecule has 3 atom stereocenters. The number of benzene rings is 2. The maximum atomic E-state index is 13.0. The van der Waals surface area contributed by atoms with E-state index in [-0.39, 0.29) is 11.9 Å². The fourth-order valence-corrected chi connectivity index (χ4v) is 3.76. The van der Waals surface area contributed by atoms with Gasteiger partial charge in [0, 0.05) is 11.3 Å². The number of amides is 1. The summed E-state index contributed by atoms with van der Waals surface area (Å²) in [6.07, 6.45) is 0. The number of anilines is 1. The zero-order valence-electron chi connectivity index (χ0n) is 13.1. The summed E-state index contributed by atoms with van der Waals surface area (Å²) in [6.45, 7) is 1.86. The molecule has 2 aliphatic heterocycles. The number of hydrogen-bond acceptors (Lipinski definition) is 3. The average molecular weight is 339 g/mol. The number of rotatable bonds is 2. The Hall–Kier alpha value is -2.60. The van der Waals surface area contributed by atoms with Gasteiger partial charge in [0.05, 0.1) is 6.04 Å². The van der Waals surface area contributed by atoms with E-state index in [1.807, 2.05) is 61.5 Å². The van der Waals surface area contributed by atoms with Crippen LogP contribution in [0.5, 0.6) is 5.75 Å². The maximum Gasteiger partial charge on any atom is 0.236 e. The molecule has 1 amide bonds. The highest BCUT2D eigenvalue weighted by Gasteiger charge is 2.54. The predicted molar refractivity (Wildman–Crippen MR) is 95.6 cm³/mol. The first kappa shape index (κ1) is 15.0. The summed E-state index contributed by atoms with van der Waals surface area (Å²) in [5, 5.41) is 9.80. The van der Waals surface area contributed by atoms with E-state index in [1.54, 1.807) is 0 Å². The molecule has 1 fully saturated rings. The molecule has 0 unspecified atom stereocenters. The fourth-order valence-electron chi connectivity index (χ4n) is 3.43. The first-order valence-corrected chi connectivity index (χ1v) is 8.20. The van der Waals surface area contributed by atoms with Crippen molar-refractivity contribution >= 4 is 28.9 Å². The van der Waals surface area contributed by atoms with Crippen molar-refractivity contribution in [2.45, 2.75) is 18.7 Å². The van der Waals surface area contributed by atoms with E-state index in [4.69, 9.17) is 17.0 Å². The lowest BCUT2D eigenvalue weighted by molar-refractivity contribution is -0.132. The van der Waals surface area contributed by atoms with E-state index in [9.17, 15) is 4.79 Å². The van der Waals surface area contributed by atoms with Gasteiger partial charge in [-0.15, -0.1) is 0 Å². The Balaban J connectivity index is 1.72. The molecule has 0 aliphatic carbocycles. The van der Waals surface area contributed by atoms with Crippen LogP contribution in [0.25, 0.3) is 0 Å². The van der Waals surface area contributed by atoms with E-state index in [0.717, 1.165) is 17.0 Å². The van der Waals surface area contributed by atoms with Gasteiger partial charge in [0.25, 0.3) is 0 Å². The molecule has 2 aromatic carbocycles. The second-order valence-electron chi connectivity index (χ2n) is 6.16. The smallest absolute Gasteiger partial charge is 0.236 e. The molecular formula is C18H17N3O2S. The van der Waals surface area contributed by atoms with Crippen LogP contribution in [0.2, 0.25) is 0 Å². The standard InChI is InChI=1S/C18H17N3O2S/c1-18-14(16(22)19-11-7-3-2-4-8-11)15(20-17(24)21-18)12-9-5-6-10-13(12)23-18/h2-10,14-15H,1H3,(H,19,22)(H2,20,21,24)/t14-,15-,18-/m0/s1. The van der Waals surface area contributed by atoms with E-state index < -0.39 is 11.6 Å². The van der Waals surface area contributed by atoms with Crippen molar-refractivity contribution in [2.24, 2.45) is 5.92 Å². The first-order valence-electron chi connectivity index (χ1n) is 7.79. The summed E-state index contributed by atoms with van der Waals surface area (Å²) in [5.41, 5.74) is 0.790. The van der Waals surface area contributed by atoms with Crippen LogP contribution in [0.1, 0.15) is 18.5 Å². The summed E-state index contributed by atoms with van der Waals surface area (Å²) < 4.78 is 6.13. The number of hydrogen-bond donors (Lipinski definition) is 3. The van der Waals surface area contributed by atoms with E-state index in [2.05, 4.69) is 16.0 Å². The second kappa shape index (κ2) is 5.49. The first-order chi connectivity index (χ1) is 11.6. The van der Waals surface area contributed by atoms with Crippen molar-refractivity contribution in [1.82, 2.24) is 10.6 Å². The number of para-hydroxylation sites is 2. The topological polar surface area (TPSA) is 62.4 Å². The number of thiocarbonyl (C=S) groups is 1. The third kappa shape index (κ3) is 2.39. The number of fused-ring (bicyclic) bond motifs is 4. The summed E-state index contributed by atoms with van der Waals surface area (Å²) in [5.74, 6) is 0.168. The van der Waals surface area contributed by atoms with Crippen LogP contribution in [-0.4, -0.2) is 16.7 Å². The summed E-state index contributed by atoms with van der Waals surface area (Å²) in [6, 6.07) is 16.9. The van der Waals surface area contributed by atoms with Crippen molar-refractivity contribution in [1.29, 1.82) is 0 Å². The fraction of sp³-hybridized carbons (Fsp3) is 0.222. The van der Waals surface area contributed by atoms with Crippen LogP contribution in [0.3, 0.4) is 0 Å². The Morgan fingerprint density at radius 2 is 1.88 bits per heavy atom. The van der Waals surface area contributed by atoms with Gasteiger partial charge in [-0.05, 0) is 37.3 Å². The Labute approximate surface area is 145 Å². The molecule has 0 aromatic heterocycles. The molecule has 24 heavy (non-hydrogen) atoms. The third-order valence-corrected chi connectivity index (χ3v) is 4.69. The Morgan fingerprint density at radius 3 is 2.67 bits per heavy atom. The maximum absolute atomic E-state index is 13.0. The van der Waals surface area contributed by atoms with Gasteiger partial charge in [-0.3, -0.25) is 4.79 Å². The molecule has 2 aromatic rings. The summed E-state index contributed by atoms with van der Waals surface area (Å²) >= 11 is 5.30. The van der Waals surface area contributed by atoms with Crippen LogP contribution in [0.15, 0.2) is 54.6 Å². The summed E-state index contributed by atoms with van der Waals surface area (Å²) in [7, 11) is 0. The van der Waals surface area contributed by atoms with Gasteiger partial charge in [-0.1, -0.05) is 36.4 Å². The van der Waals surface area contributed by atoms with Crippen LogP contribution in [0.4, 0.5) is 5.69 Å². The molecule has 5 nitrogen and oxygen atoms in total. The number of carbonyl (C=O) groups excluding carboxylic acids is 1. The molecule has 2 heterocycles. The van der Waals surface area contributed by atoms with Gasteiger partial charge in [0.2, 0.25) is 5.91 Å². The SMILES string of the molecule is C[C@]12NC(=S)N[C@@H](c3ccccc3O1)[C@H]2C(=O)Nc1ccccc1. The van der Waals surface area contributed by atoms with Crippen LogP contribution >= 0.6 is 12.2 Å². The van der Waals surface area contributed by atoms with Crippen LogP contribution in [0, 0.1) is 5.92 Å². The highest BCUT2D eigenvalue weighted by molar-refractivity contribution is 7.80. The molecule has 122 valence electrons. The molecule has 2 bridgehead atoms. The second-order valence-corrected chi connectivity index (χ2v) is 6.56. The Bertz CT molecular complexity index is 811. The molecule has 0 radical (unpaired) electrons. The predicted octanol–water partition coefficient (Wildman–Crippen LogP) is 2.57. The number of nitrogens with one attached hydrogen (secondary N) is 3. The number of ether oxygens (including phenoxy) is 1. The molecule has 0 saturated carbocycles. The lowest BCUT2D eigenvalue weighted by Gasteiger charge is -2.50. The monoisotopic (exact) mass is 339 g/mol. The molecule has 4 rings (SSSR count). The molecule has 1 saturated heterocycles. The van der Waals surface area contributed by atoms with Crippen LogP contribution < -0.4 is 20.7 Å². The number of carbonyl (C=O) groups is 1.